The van der Waals surface area contributed by atoms with Crippen molar-refractivity contribution >= 4 is 6.09 Å². The van der Waals surface area contributed by atoms with Crippen LogP contribution in [0.1, 0.15) is 51.0 Å². The predicted octanol–water partition coefficient (Wildman–Crippen LogP) is 4.00. The minimum Gasteiger partial charge on any atom is -0.444 e. The van der Waals surface area contributed by atoms with Crippen molar-refractivity contribution in [1.82, 2.24) is 25.1 Å². The number of nitrogens with one attached hydrogen (secondary N) is 1. The molecule has 152 valence electrons. The first kappa shape index (κ1) is 20.1. The molecule has 1 aliphatic rings. The van der Waals surface area contributed by atoms with Crippen molar-refractivity contribution in [1.29, 1.82) is 0 Å². The zero-order valence-electron chi connectivity index (χ0n) is 15.9. The smallest absolute Gasteiger partial charge is 0.433 e. The molecule has 0 atom stereocenters. The van der Waals surface area contributed by atoms with Crippen molar-refractivity contribution in [3.8, 4) is 11.5 Å². The minimum absolute atomic E-state index is 0.00878. The van der Waals surface area contributed by atoms with Gasteiger partial charge >= 0.3 is 12.3 Å². The molecule has 7 nitrogen and oxygen atoms in total. The number of H-pyrrole nitrogens is 1. The Bertz CT molecular complexity index is 836. The van der Waals surface area contributed by atoms with E-state index in [1.54, 1.807) is 4.90 Å². The number of rotatable bonds is 2. The van der Waals surface area contributed by atoms with Crippen LogP contribution in [0.3, 0.4) is 0 Å². The minimum atomic E-state index is -4.52. The third-order valence-electron chi connectivity index (χ3n) is 4.30. The Hall–Kier alpha value is -2.65. The number of amides is 1. The van der Waals surface area contributed by atoms with Gasteiger partial charge < -0.3 is 9.64 Å². The second-order valence-corrected chi connectivity index (χ2v) is 7.69. The Balaban J connectivity index is 1.65. The summed E-state index contributed by atoms with van der Waals surface area (Å²) in [7, 11) is 0. The number of alkyl halides is 3. The molecule has 0 bridgehead atoms. The normalized spacial score (nSPS) is 16.3. The van der Waals surface area contributed by atoms with Crippen molar-refractivity contribution in [3.63, 3.8) is 0 Å². The van der Waals surface area contributed by atoms with Crippen LogP contribution in [0.4, 0.5) is 18.0 Å². The maximum atomic E-state index is 12.8. The molecule has 10 heteroatoms. The van der Waals surface area contributed by atoms with Gasteiger partial charge in [-0.2, -0.15) is 18.3 Å². The van der Waals surface area contributed by atoms with Crippen LogP contribution >= 0.6 is 0 Å². The van der Waals surface area contributed by atoms with Gasteiger partial charge in [-0.1, -0.05) is 6.07 Å². The summed E-state index contributed by atoms with van der Waals surface area (Å²) in [5.74, 6) is 0.711. The summed E-state index contributed by atoms with van der Waals surface area (Å²) in [4.78, 5) is 21.7. The number of hydrogen-bond donors (Lipinski definition) is 1. The Morgan fingerprint density at radius 3 is 2.46 bits per heavy atom. The number of hydrogen-bond acceptors (Lipinski definition) is 5. The molecule has 3 heterocycles. The number of pyridine rings is 1. The van der Waals surface area contributed by atoms with E-state index >= 15 is 0 Å². The lowest BCUT2D eigenvalue weighted by Gasteiger charge is -2.32. The van der Waals surface area contributed by atoms with Crippen LogP contribution < -0.4 is 0 Å². The lowest BCUT2D eigenvalue weighted by Crippen LogP contribution is -2.41. The number of carbonyl (C=O) groups excluding carboxylic acids is 1. The van der Waals surface area contributed by atoms with Crippen molar-refractivity contribution in [2.75, 3.05) is 13.1 Å². The third-order valence-corrected chi connectivity index (χ3v) is 4.30. The Morgan fingerprint density at radius 2 is 1.86 bits per heavy atom. The first-order valence-electron chi connectivity index (χ1n) is 8.98. The molecule has 1 N–H and O–H groups in total. The number of aromatic amines is 1. The molecule has 0 spiro atoms. The maximum absolute atomic E-state index is 12.8. The summed E-state index contributed by atoms with van der Waals surface area (Å²) < 4.78 is 43.9. The van der Waals surface area contributed by atoms with Gasteiger partial charge in [0.25, 0.3) is 0 Å². The molecule has 28 heavy (non-hydrogen) atoms. The molecule has 1 saturated heterocycles. The van der Waals surface area contributed by atoms with Crippen LogP contribution in [0.5, 0.6) is 0 Å². The molecule has 2 aromatic heterocycles. The molecular formula is C18H22F3N5O2. The van der Waals surface area contributed by atoms with Crippen molar-refractivity contribution in [2.24, 2.45) is 0 Å². The van der Waals surface area contributed by atoms with Crippen LogP contribution in [0.2, 0.25) is 0 Å². The van der Waals surface area contributed by atoms with Gasteiger partial charge in [-0.05, 0) is 45.7 Å². The van der Waals surface area contributed by atoms with Crippen LogP contribution in [0.25, 0.3) is 11.5 Å². The lowest BCUT2D eigenvalue weighted by atomic mass is 9.96. The zero-order chi connectivity index (χ0) is 20.5. The summed E-state index contributed by atoms with van der Waals surface area (Å²) in [5.41, 5.74) is -1.45. The molecule has 1 fully saturated rings. The van der Waals surface area contributed by atoms with Gasteiger partial charge in [-0.25, -0.2) is 14.8 Å². The number of carbonyl (C=O) groups is 1. The van der Waals surface area contributed by atoms with Crippen LogP contribution in [-0.4, -0.2) is 49.8 Å². The topological polar surface area (TPSA) is 84.0 Å². The lowest BCUT2D eigenvalue weighted by molar-refractivity contribution is -0.141. The average Bonchev–Trinajstić information content (AvgIpc) is 3.10. The zero-order valence-corrected chi connectivity index (χ0v) is 15.9. The number of likely N-dealkylation sites (tertiary alicyclic amines) is 1. The Kier molecular flexibility index (Phi) is 5.31. The van der Waals surface area contributed by atoms with E-state index in [1.165, 1.54) is 12.1 Å². The molecule has 0 aliphatic carbocycles. The van der Waals surface area contributed by atoms with Gasteiger partial charge in [-0.15, -0.1) is 0 Å². The SMILES string of the molecule is CC(C)(C)OC(=O)N1CCC(c2n[nH]c(-c3cccc(C(F)(F)F)n3)n2)CC1. The molecule has 0 aromatic carbocycles. The highest BCUT2D eigenvalue weighted by Crippen LogP contribution is 2.30. The van der Waals surface area contributed by atoms with Gasteiger partial charge in [0.1, 0.15) is 17.0 Å². The third kappa shape index (κ3) is 4.79. The van der Waals surface area contributed by atoms with Gasteiger partial charge in [0.2, 0.25) is 0 Å². The van der Waals surface area contributed by atoms with Crippen molar-refractivity contribution in [2.45, 2.75) is 51.3 Å². The summed E-state index contributed by atoms with van der Waals surface area (Å²) in [6.07, 6.45) is -3.58. The monoisotopic (exact) mass is 397 g/mol. The Labute approximate surface area is 160 Å². The van der Waals surface area contributed by atoms with Crippen LogP contribution in [0.15, 0.2) is 18.2 Å². The molecule has 2 aromatic rings. The number of nitrogens with zero attached hydrogens (tertiary/aromatic N) is 4. The predicted molar refractivity (Wildman–Crippen MR) is 94.4 cm³/mol. The quantitative estimate of drug-likeness (QED) is 0.828. The van der Waals surface area contributed by atoms with Crippen LogP contribution in [0, 0.1) is 0 Å². The second-order valence-electron chi connectivity index (χ2n) is 7.69. The van der Waals surface area contributed by atoms with Gasteiger partial charge in [-0.3, -0.25) is 5.10 Å². The van der Waals surface area contributed by atoms with E-state index in [2.05, 4.69) is 20.2 Å². The molecule has 0 saturated carbocycles. The molecule has 0 unspecified atom stereocenters. The van der Waals surface area contributed by atoms with E-state index in [-0.39, 0.29) is 23.5 Å². The van der Waals surface area contributed by atoms with Crippen LogP contribution in [-0.2, 0) is 10.9 Å². The van der Waals surface area contributed by atoms with E-state index in [4.69, 9.17) is 4.74 Å². The van der Waals surface area contributed by atoms with E-state index in [0.717, 1.165) is 6.07 Å². The summed E-state index contributed by atoms with van der Waals surface area (Å²) in [6.45, 7) is 6.45. The Morgan fingerprint density at radius 1 is 1.18 bits per heavy atom. The second kappa shape index (κ2) is 7.40. The molecule has 1 aliphatic heterocycles. The number of aromatic nitrogens is 4. The maximum Gasteiger partial charge on any atom is 0.433 e. The highest BCUT2D eigenvalue weighted by molar-refractivity contribution is 5.68. The van der Waals surface area contributed by atoms with Gasteiger partial charge in [0.15, 0.2) is 11.6 Å². The summed E-state index contributed by atoms with van der Waals surface area (Å²) >= 11 is 0. The fourth-order valence-electron chi connectivity index (χ4n) is 2.94. The van der Waals surface area contributed by atoms with E-state index < -0.39 is 17.5 Å². The molecule has 1 amide bonds. The number of ether oxygens (including phenoxy) is 1. The van der Waals surface area contributed by atoms with E-state index in [9.17, 15) is 18.0 Å². The first-order valence-corrected chi connectivity index (χ1v) is 8.98. The van der Waals surface area contributed by atoms with Gasteiger partial charge in [0.05, 0.1) is 0 Å². The molecule has 3 rings (SSSR count). The number of halogens is 3. The molecular weight excluding hydrogens is 375 g/mol. The van der Waals surface area contributed by atoms with E-state index in [0.29, 0.717) is 31.8 Å². The largest absolute Gasteiger partial charge is 0.444 e. The fraction of sp³-hybridized carbons (Fsp3) is 0.556. The van der Waals surface area contributed by atoms with Crippen molar-refractivity contribution < 1.29 is 22.7 Å². The van der Waals surface area contributed by atoms with Gasteiger partial charge in [0, 0.05) is 19.0 Å². The highest BCUT2D eigenvalue weighted by atomic mass is 19.4. The molecule has 0 radical (unpaired) electrons. The van der Waals surface area contributed by atoms with E-state index in [1.807, 2.05) is 20.8 Å². The fourth-order valence-corrected chi connectivity index (χ4v) is 2.94. The highest BCUT2D eigenvalue weighted by Gasteiger charge is 2.33. The average molecular weight is 397 g/mol. The first-order chi connectivity index (χ1) is 13.0. The number of piperidine rings is 1. The summed E-state index contributed by atoms with van der Waals surface area (Å²) in [5, 5.41) is 6.81. The summed E-state index contributed by atoms with van der Waals surface area (Å²) in [6, 6.07) is 3.64. The standard InChI is InChI=1S/C18H22F3N5O2/c1-17(2,3)28-16(27)26-9-7-11(8-10-26)14-23-15(25-24-14)12-5-4-6-13(22-12)18(19,20)21/h4-6,11H,7-10H2,1-3H3,(H,23,24,25). The van der Waals surface area contributed by atoms with Crippen molar-refractivity contribution in [3.05, 3.63) is 29.7 Å².